The van der Waals surface area contributed by atoms with Gasteiger partial charge in [-0.3, -0.25) is 0 Å². The van der Waals surface area contributed by atoms with E-state index >= 15 is 0 Å². The number of phenols is 1. The van der Waals surface area contributed by atoms with E-state index in [0.717, 1.165) is 11.0 Å². The van der Waals surface area contributed by atoms with E-state index in [2.05, 4.69) is 16.8 Å². The van der Waals surface area contributed by atoms with Crippen LogP contribution >= 0.6 is 0 Å². The number of esters is 1. The third-order valence-corrected chi connectivity index (χ3v) is 3.01. The quantitative estimate of drug-likeness (QED) is 0.456. The lowest BCUT2D eigenvalue weighted by Gasteiger charge is -2.07. The molecule has 110 valence electrons. The van der Waals surface area contributed by atoms with Crippen LogP contribution in [0.4, 0.5) is 0 Å². The Labute approximate surface area is 126 Å². The number of ether oxygens (including phenoxy) is 1. The van der Waals surface area contributed by atoms with Gasteiger partial charge in [0.05, 0.1) is 0 Å². The van der Waals surface area contributed by atoms with E-state index in [1.807, 2.05) is 24.3 Å². The predicted molar refractivity (Wildman–Crippen MR) is 81.0 cm³/mol. The Morgan fingerprint density at radius 1 is 1.18 bits per heavy atom. The number of hydrogen-bond donors (Lipinski definition) is 1. The normalized spacial score (nSPS) is 10.6. The van der Waals surface area contributed by atoms with Crippen LogP contribution in [0.2, 0.25) is 0 Å². The molecule has 3 rings (SSSR count). The fourth-order valence-electron chi connectivity index (χ4n) is 1.90. The molecule has 0 amide bonds. The van der Waals surface area contributed by atoms with Gasteiger partial charge in [0.2, 0.25) is 0 Å². The van der Waals surface area contributed by atoms with Gasteiger partial charge < -0.3 is 9.84 Å². The summed E-state index contributed by atoms with van der Waals surface area (Å²) < 4.78 is 5.06. The zero-order chi connectivity index (χ0) is 15.7. The molecular weight excluding hydrogens is 282 g/mol. The summed E-state index contributed by atoms with van der Waals surface area (Å²) >= 11 is 0. The van der Waals surface area contributed by atoms with E-state index in [4.69, 9.17) is 4.74 Å². The second kappa shape index (κ2) is 5.33. The molecule has 0 radical (unpaired) electrons. The summed E-state index contributed by atoms with van der Waals surface area (Å²) in [4.78, 5) is 12.8. The Balaban J connectivity index is 1.95. The first-order valence-corrected chi connectivity index (χ1v) is 6.58. The van der Waals surface area contributed by atoms with Gasteiger partial charge in [0.1, 0.15) is 28.2 Å². The molecule has 0 saturated heterocycles. The lowest BCUT2D eigenvalue weighted by atomic mass is 10.3. The van der Waals surface area contributed by atoms with E-state index in [9.17, 15) is 9.90 Å². The highest BCUT2D eigenvalue weighted by molar-refractivity contribution is 5.88. The smallest absolute Gasteiger partial charge is 0.338 e. The highest BCUT2D eigenvalue weighted by Gasteiger charge is 2.11. The highest BCUT2D eigenvalue weighted by atomic mass is 16.5. The number of carbonyl (C=O) groups is 1. The first kappa shape index (κ1) is 13.8. The molecule has 1 N–H and O–H groups in total. The van der Waals surface area contributed by atoms with E-state index in [1.54, 1.807) is 19.1 Å². The van der Waals surface area contributed by atoms with E-state index in [-0.39, 0.29) is 17.1 Å². The molecule has 0 aliphatic carbocycles. The summed E-state index contributed by atoms with van der Waals surface area (Å²) in [5.74, 6) is -0.409. The number of phenolic OH excluding ortho intramolecular Hbond substituents is 1. The fourth-order valence-corrected chi connectivity index (χ4v) is 1.90. The summed E-state index contributed by atoms with van der Waals surface area (Å²) in [5, 5.41) is 18.7. The van der Waals surface area contributed by atoms with Crippen molar-refractivity contribution >= 4 is 17.0 Å². The Hall–Kier alpha value is -3.15. The van der Waals surface area contributed by atoms with Gasteiger partial charge >= 0.3 is 5.97 Å². The predicted octanol–water partition coefficient (Wildman–Crippen LogP) is 2.61. The Morgan fingerprint density at radius 3 is 2.36 bits per heavy atom. The molecule has 0 fully saturated rings. The Kier molecular flexibility index (Phi) is 3.34. The van der Waals surface area contributed by atoms with Crippen molar-refractivity contribution < 1.29 is 14.6 Å². The van der Waals surface area contributed by atoms with Crippen molar-refractivity contribution in [3.8, 4) is 17.2 Å². The molecule has 0 bridgehead atoms. The molecule has 1 aromatic heterocycles. The first-order chi connectivity index (χ1) is 10.5. The molecule has 2 aromatic carbocycles. The maximum atomic E-state index is 11.5. The van der Waals surface area contributed by atoms with E-state index < -0.39 is 5.97 Å². The van der Waals surface area contributed by atoms with Crippen LogP contribution in [-0.2, 0) is 4.79 Å². The molecule has 1 heterocycles. The average molecular weight is 295 g/mol. The van der Waals surface area contributed by atoms with Crippen LogP contribution in [0.3, 0.4) is 0 Å². The number of rotatable bonds is 3. The second-order valence-corrected chi connectivity index (χ2v) is 4.80. The zero-order valence-electron chi connectivity index (χ0n) is 11.9. The van der Waals surface area contributed by atoms with E-state index in [1.165, 1.54) is 10.9 Å². The molecule has 0 aliphatic heterocycles. The molecule has 0 spiro atoms. The van der Waals surface area contributed by atoms with Gasteiger partial charge in [-0.1, -0.05) is 18.7 Å². The molecule has 22 heavy (non-hydrogen) atoms. The first-order valence-electron chi connectivity index (χ1n) is 6.58. The van der Waals surface area contributed by atoms with Gasteiger partial charge in [0.15, 0.2) is 0 Å². The molecule has 0 aliphatic rings. The van der Waals surface area contributed by atoms with Gasteiger partial charge in [-0.15, -0.1) is 15.0 Å². The van der Waals surface area contributed by atoms with Crippen molar-refractivity contribution in [1.82, 2.24) is 15.0 Å². The maximum Gasteiger partial charge on any atom is 0.338 e. The molecule has 3 aromatic rings. The third-order valence-electron chi connectivity index (χ3n) is 3.01. The second-order valence-electron chi connectivity index (χ2n) is 4.80. The third kappa shape index (κ3) is 2.54. The number of aromatic hydroxyl groups is 1. The Bertz CT molecular complexity index is 850. The standard InChI is InChI=1S/C16H13N3O3/c1-10(2)16(21)22-11-7-8-14(15(20)9-11)19-17-12-5-3-4-6-13(12)18-19/h3-9,20H,1H2,2H3. The molecule has 6 nitrogen and oxygen atoms in total. The number of hydrogen-bond acceptors (Lipinski definition) is 5. The van der Waals surface area contributed by atoms with Crippen molar-refractivity contribution in [2.45, 2.75) is 6.92 Å². The van der Waals surface area contributed by atoms with Crippen molar-refractivity contribution in [2.24, 2.45) is 0 Å². The minimum Gasteiger partial charge on any atom is -0.505 e. The topological polar surface area (TPSA) is 77.2 Å². The number of nitrogens with zero attached hydrogens (tertiary/aromatic N) is 3. The van der Waals surface area contributed by atoms with Gasteiger partial charge in [-0.25, -0.2) is 4.79 Å². The van der Waals surface area contributed by atoms with Crippen molar-refractivity contribution in [2.75, 3.05) is 0 Å². The van der Waals surface area contributed by atoms with Crippen molar-refractivity contribution in [3.63, 3.8) is 0 Å². The number of benzene rings is 2. The highest BCUT2D eigenvalue weighted by Crippen LogP contribution is 2.27. The summed E-state index contributed by atoms with van der Waals surface area (Å²) in [7, 11) is 0. The van der Waals surface area contributed by atoms with Gasteiger partial charge in [-0.05, 0) is 31.2 Å². The van der Waals surface area contributed by atoms with Crippen LogP contribution in [0.1, 0.15) is 6.92 Å². The van der Waals surface area contributed by atoms with Gasteiger partial charge in [0, 0.05) is 11.6 Å². The van der Waals surface area contributed by atoms with Crippen molar-refractivity contribution in [1.29, 1.82) is 0 Å². The summed E-state index contributed by atoms with van der Waals surface area (Å²) in [6, 6.07) is 11.9. The summed E-state index contributed by atoms with van der Waals surface area (Å²) in [6.45, 7) is 5.05. The zero-order valence-corrected chi connectivity index (χ0v) is 11.9. The van der Waals surface area contributed by atoms with Gasteiger partial charge in [-0.2, -0.15) is 0 Å². The minimum absolute atomic E-state index is 0.0904. The fraction of sp³-hybridized carbons (Fsp3) is 0.0625. The number of carbonyl (C=O) groups excluding carboxylic acids is 1. The maximum absolute atomic E-state index is 11.5. The van der Waals surface area contributed by atoms with Gasteiger partial charge in [0.25, 0.3) is 0 Å². The minimum atomic E-state index is -0.546. The largest absolute Gasteiger partial charge is 0.505 e. The molecular formula is C16H13N3O3. The summed E-state index contributed by atoms with van der Waals surface area (Å²) in [6.07, 6.45) is 0. The van der Waals surface area contributed by atoms with Crippen LogP contribution in [0.5, 0.6) is 11.5 Å². The van der Waals surface area contributed by atoms with Crippen LogP contribution in [0.15, 0.2) is 54.6 Å². The molecule has 0 atom stereocenters. The molecule has 0 unspecified atom stereocenters. The lowest BCUT2D eigenvalue weighted by molar-refractivity contribution is -0.130. The molecule has 0 saturated carbocycles. The SMILES string of the molecule is C=C(C)C(=O)Oc1ccc(-n2nc3ccccc3n2)c(O)c1. The summed E-state index contributed by atoms with van der Waals surface area (Å²) in [5.41, 5.74) is 2.12. The molecule has 6 heteroatoms. The van der Waals surface area contributed by atoms with Crippen LogP contribution in [0.25, 0.3) is 16.7 Å². The number of aromatic nitrogens is 3. The van der Waals surface area contributed by atoms with Crippen molar-refractivity contribution in [3.05, 3.63) is 54.6 Å². The average Bonchev–Trinajstić information content (AvgIpc) is 2.90. The van der Waals surface area contributed by atoms with E-state index in [0.29, 0.717) is 5.69 Å². The lowest BCUT2D eigenvalue weighted by Crippen LogP contribution is -2.08. The monoisotopic (exact) mass is 295 g/mol. The van der Waals surface area contributed by atoms with Crippen LogP contribution in [-0.4, -0.2) is 26.1 Å². The van der Waals surface area contributed by atoms with Crippen LogP contribution in [0, 0.1) is 0 Å². The number of fused-ring (bicyclic) bond motifs is 1. The Morgan fingerprint density at radius 2 is 1.82 bits per heavy atom. The van der Waals surface area contributed by atoms with Crippen LogP contribution < -0.4 is 4.74 Å².